The van der Waals surface area contributed by atoms with Gasteiger partial charge in [0.05, 0.1) is 12.1 Å². The first-order valence-electron chi connectivity index (χ1n) is 6.89. The summed E-state index contributed by atoms with van der Waals surface area (Å²) < 4.78 is 0. The number of urea groups is 1. The van der Waals surface area contributed by atoms with Crippen LogP contribution in [-0.2, 0) is 4.79 Å². The topological polar surface area (TPSA) is 154 Å². The molecule has 0 aromatic carbocycles. The molecule has 2 amide bonds. The minimum Gasteiger partial charge on any atom is -0.477 e. The van der Waals surface area contributed by atoms with Crippen molar-refractivity contribution in [3.05, 3.63) is 0 Å². The average Bonchev–Trinajstić information content (AvgIpc) is 2.99. The van der Waals surface area contributed by atoms with E-state index >= 15 is 0 Å². The van der Waals surface area contributed by atoms with E-state index in [0.29, 0.717) is 31.2 Å². The van der Waals surface area contributed by atoms with Crippen molar-refractivity contribution in [2.24, 2.45) is 11.5 Å². The first-order chi connectivity index (χ1) is 9.99. The van der Waals surface area contributed by atoms with E-state index in [1.807, 2.05) is 0 Å². The van der Waals surface area contributed by atoms with Crippen molar-refractivity contribution < 1.29 is 14.7 Å². The molecular weight excluding hydrogens is 294 g/mol. The van der Waals surface area contributed by atoms with Crippen LogP contribution < -0.4 is 22.1 Å². The second kappa shape index (κ2) is 8.85. The highest BCUT2D eigenvalue weighted by atomic mass is 32.2. The average molecular weight is 317 g/mol. The van der Waals surface area contributed by atoms with Gasteiger partial charge in [-0.1, -0.05) is 0 Å². The minimum atomic E-state index is -1.14. The van der Waals surface area contributed by atoms with Crippen LogP contribution in [0.4, 0.5) is 4.79 Å². The number of hydrogen-bond donors (Lipinski definition) is 6. The Hall–Kier alpha value is -1.32. The Balaban J connectivity index is 0.000000491. The summed E-state index contributed by atoms with van der Waals surface area (Å²) in [7, 11) is 0. The van der Waals surface area contributed by atoms with Crippen LogP contribution in [0.25, 0.3) is 0 Å². The summed E-state index contributed by atoms with van der Waals surface area (Å²) in [5.41, 5.74) is 9.57. The number of rotatable bonds is 6. The number of thioether (sulfide) groups is 1. The van der Waals surface area contributed by atoms with Gasteiger partial charge in [0.25, 0.3) is 0 Å². The number of fused-ring (bicyclic) bond motifs is 1. The zero-order chi connectivity index (χ0) is 15.8. The molecule has 9 heteroatoms. The Morgan fingerprint density at radius 3 is 2.62 bits per heavy atom. The minimum absolute atomic E-state index is 0.108. The van der Waals surface area contributed by atoms with E-state index in [1.54, 1.807) is 11.8 Å². The Morgan fingerprint density at radius 2 is 2.05 bits per heavy atom. The molecule has 2 aliphatic heterocycles. The lowest BCUT2D eigenvalue weighted by Gasteiger charge is -2.16. The van der Waals surface area contributed by atoms with Gasteiger partial charge in [0.2, 0.25) is 0 Å². The number of amides is 2. The second-order valence-electron chi connectivity index (χ2n) is 4.88. The molecule has 0 aromatic rings. The fourth-order valence-electron chi connectivity index (χ4n) is 2.23. The van der Waals surface area contributed by atoms with Gasteiger partial charge in [0.1, 0.15) is 5.71 Å². The molecule has 0 spiro atoms. The highest BCUT2D eigenvalue weighted by molar-refractivity contribution is 8.00. The van der Waals surface area contributed by atoms with Crippen LogP contribution in [0.2, 0.25) is 0 Å². The van der Waals surface area contributed by atoms with Crippen molar-refractivity contribution in [1.82, 2.24) is 10.6 Å². The molecule has 120 valence electrons. The van der Waals surface area contributed by atoms with Crippen molar-refractivity contribution in [3.63, 3.8) is 0 Å². The van der Waals surface area contributed by atoms with Crippen LogP contribution in [0.1, 0.15) is 19.3 Å². The molecule has 2 aliphatic rings. The fourth-order valence-corrected chi connectivity index (χ4v) is 3.77. The summed E-state index contributed by atoms with van der Waals surface area (Å²) in [5.74, 6) is -0.234. The largest absolute Gasteiger partial charge is 0.477 e. The standard InChI is InChI=1S/C10H15N3O3S.C2H8N2/c11-5(9(14)15)2-1-3-7-8-6(4-17-7)12-10(16)13-8;3-1-2-4/h6-8,11H,1-4H2,(H,14,15)(H2,12,13,16);1-4H2/t6-,7-,8-;/m0./s1. The molecule has 0 unspecified atom stereocenters. The zero-order valence-electron chi connectivity index (χ0n) is 11.8. The van der Waals surface area contributed by atoms with Crippen LogP contribution in [0, 0.1) is 5.41 Å². The lowest BCUT2D eigenvalue weighted by Crippen LogP contribution is -2.36. The normalized spacial score (nSPS) is 26.2. The highest BCUT2D eigenvalue weighted by Crippen LogP contribution is 2.32. The molecule has 0 aromatic heterocycles. The molecule has 0 aliphatic carbocycles. The molecule has 2 rings (SSSR count). The molecule has 2 saturated heterocycles. The van der Waals surface area contributed by atoms with Gasteiger partial charge in [0.15, 0.2) is 0 Å². The number of carbonyl (C=O) groups excluding carboxylic acids is 1. The SMILES string of the molecule is N=C(CCC[C@@H]1SC[C@@H]2NC(=O)N[C@@H]21)C(=O)O.NCCN. The van der Waals surface area contributed by atoms with E-state index in [0.717, 1.165) is 12.2 Å². The quantitative estimate of drug-likeness (QED) is 0.282. The Labute approximate surface area is 127 Å². The van der Waals surface area contributed by atoms with Gasteiger partial charge in [-0.15, -0.1) is 0 Å². The zero-order valence-corrected chi connectivity index (χ0v) is 12.6. The summed E-state index contributed by atoms with van der Waals surface area (Å²) in [4.78, 5) is 21.6. The summed E-state index contributed by atoms with van der Waals surface area (Å²) >= 11 is 1.80. The van der Waals surface area contributed by atoms with E-state index in [4.69, 9.17) is 22.0 Å². The van der Waals surface area contributed by atoms with Gasteiger partial charge < -0.3 is 27.2 Å². The van der Waals surface area contributed by atoms with Crippen LogP contribution in [0.3, 0.4) is 0 Å². The molecule has 2 fully saturated rings. The van der Waals surface area contributed by atoms with Crippen molar-refractivity contribution in [1.29, 1.82) is 5.41 Å². The first-order valence-corrected chi connectivity index (χ1v) is 7.94. The van der Waals surface area contributed by atoms with Gasteiger partial charge >= 0.3 is 12.0 Å². The summed E-state index contributed by atoms with van der Waals surface area (Å²) in [5, 5.41) is 21.8. The number of nitrogens with one attached hydrogen (secondary N) is 3. The molecule has 0 bridgehead atoms. The molecular formula is C12H23N5O3S. The smallest absolute Gasteiger partial charge is 0.349 e. The third kappa shape index (κ3) is 5.52. The molecule has 3 atom stereocenters. The van der Waals surface area contributed by atoms with Gasteiger partial charge in [0, 0.05) is 24.1 Å². The van der Waals surface area contributed by atoms with E-state index in [-0.39, 0.29) is 23.8 Å². The summed E-state index contributed by atoms with van der Waals surface area (Å²) in [6.45, 7) is 1.19. The summed E-state index contributed by atoms with van der Waals surface area (Å²) in [6, 6.07) is 0.256. The van der Waals surface area contributed by atoms with Crippen LogP contribution in [0.5, 0.6) is 0 Å². The number of carboxylic acids is 1. The van der Waals surface area contributed by atoms with Crippen LogP contribution in [-0.4, -0.2) is 59.0 Å². The lowest BCUT2D eigenvalue weighted by atomic mass is 10.0. The van der Waals surface area contributed by atoms with E-state index in [1.165, 1.54) is 0 Å². The number of carbonyl (C=O) groups is 2. The molecule has 2 heterocycles. The maximum absolute atomic E-state index is 11.1. The molecule has 8 nitrogen and oxygen atoms in total. The third-order valence-corrected chi connectivity index (χ3v) is 4.79. The molecule has 0 saturated carbocycles. The van der Waals surface area contributed by atoms with Crippen molar-refractivity contribution in [2.75, 3.05) is 18.8 Å². The number of hydrogen-bond acceptors (Lipinski definition) is 6. The predicted octanol–water partition coefficient (Wildman–Crippen LogP) is -0.670. The van der Waals surface area contributed by atoms with E-state index < -0.39 is 5.97 Å². The van der Waals surface area contributed by atoms with Gasteiger partial charge in [-0.2, -0.15) is 11.8 Å². The maximum atomic E-state index is 11.1. The van der Waals surface area contributed by atoms with E-state index in [2.05, 4.69) is 10.6 Å². The Morgan fingerprint density at radius 1 is 1.38 bits per heavy atom. The second-order valence-corrected chi connectivity index (χ2v) is 6.15. The van der Waals surface area contributed by atoms with Crippen molar-refractivity contribution in [3.8, 4) is 0 Å². The highest BCUT2D eigenvalue weighted by Gasteiger charge is 2.42. The number of nitrogens with two attached hydrogens (primary N) is 2. The Kier molecular flexibility index (Phi) is 7.48. The lowest BCUT2D eigenvalue weighted by molar-refractivity contribution is -0.129. The molecule has 21 heavy (non-hydrogen) atoms. The van der Waals surface area contributed by atoms with E-state index in [9.17, 15) is 9.59 Å². The maximum Gasteiger partial charge on any atom is 0.349 e. The predicted molar refractivity (Wildman–Crippen MR) is 82.8 cm³/mol. The Bertz CT molecular complexity index is 391. The van der Waals surface area contributed by atoms with Gasteiger partial charge in [-0.25, -0.2) is 9.59 Å². The molecule has 8 N–H and O–H groups in total. The first kappa shape index (κ1) is 17.7. The van der Waals surface area contributed by atoms with Crippen molar-refractivity contribution in [2.45, 2.75) is 36.6 Å². The molecule has 0 radical (unpaired) electrons. The monoisotopic (exact) mass is 317 g/mol. The number of carboxylic acid groups (broad SMARTS) is 1. The third-order valence-electron chi connectivity index (χ3n) is 3.28. The van der Waals surface area contributed by atoms with Crippen molar-refractivity contribution >= 4 is 29.5 Å². The summed E-state index contributed by atoms with van der Waals surface area (Å²) in [6.07, 6.45) is 1.82. The number of aliphatic carboxylic acids is 1. The fraction of sp³-hybridized carbons (Fsp3) is 0.750. The van der Waals surface area contributed by atoms with Gasteiger partial charge in [-0.05, 0) is 19.3 Å². The van der Waals surface area contributed by atoms with Crippen LogP contribution >= 0.6 is 11.8 Å². The van der Waals surface area contributed by atoms with Gasteiger partial charge in [-0.3, -0.25) is 5.41 Å². The van der Waals surface area contributed by atoms with Crippen LogP contribution in [0.15, 0.2) is 0 Å².